The van der Waals surface area contributed by atoms with E-state index in [-0.39, 0.29) is 25.0 Å². The van der Waals surface area contributed by atoms with Gasteiger partial charge in [-0.05, 0) is 33.7 Å². The fraction of sp³-hybridized carbons (Fsp3) is 0.312. The number of amides is 2. The van der Waals surface area contributed by atoms with Crippen LogP contribution in [0, 0.1) is 5.92 Å². The molecule has 214 valence electrons. The largest absolute Gasteiger partial charge is 0.480 e. The van der Waals surface area contributed by atoms with Gasteiger partial charge in [-0.25, -0.2) is 9.59 Å². The SMILES string of the molecule is CC[C@H](C)[C@H](NC(=O)[C@H](CC(=O)OCc1ccccc1)NC(=O)OCC1c2ccccc2-c2ccccc21)C(=O)O. The van der Waals surface area contributed by atoms with Crippen molar-refractivity contribution in [2.24, 2.45) is 5.92 Å². The molecule has 41 heavy (non-hydrogen) atoms. The molecule has 0 bridgehead atoms. The average molecular weight is 559 g/mol. The van der Waals surface area contributed by atoms with Crippen molar-refractivity contribution in [3.05, 3.63) is 95.6 Å². The van der Waals surface area contributed by atoms with Crippen LogP contribution in [0.25, 0.3) is 11.1 Å². The standard InChI is InChI=1S/C32H34N2O7/c1-3-20(2)29(31(37)38)34-30(36)27(17-28(35)40-18-21-11-5-4-6-12-21)33-32(39)41-19-26-24-15-9-7-13-22(24)23-14-8-10-16-25(23)26/h4-16,20,26-27,29H,3,17-19H2,1-2H3,(H,33,39)(H,34,36)(H,37,38)/t20-,27-,29-/m0/s1. The van der Waals surface area contributed by atoms with E-state index in [9.17, 15) is 24.3 Å². The molecule has 3 atom stereocenters. The van der Waals surface area contributed by atoms with Gasteiger partial charge in [-0.15, -0.1) is 0 Å². The minimum Gasteiger partial charge on any atom is -0.480 e. The highest BCUT2D eigenvalue weighted by molar-refractivity contribution is 5.92. The summed E-state index contributed by atoms with van der Waals surface area (Å²) in [6.07, 6.45) is -0.908. The smallest absolute Gasteiger partial charge is 0.407 e. The Morgan fingerprint density at radius 1 is 0.829 bits per heavy atom. The van der Waals surface area contributed by atoms with E-state index in [1.54, 1.807) is 38.1 Å². The number of ether oxygens (including phenoxy) is 2. The molecule has 1 aliphatic rings. The molecule has 9 nitrogen and oxygen atoms in total. The number of carboxylic acid groups (broad SMARTS) is 1. The highest BCUT2D eigenvalue weighted by atomic mass is 16.5. The third-order valence-corrected chi connectivity index (χ3v) is 7.34. The fourth-order valence-electron chi connectivity index (χ4n) is 4.89. The number of carbonyl (C=O) groups excluding carboxylic acids is 3. The molecule has 0 radical (unpaired) electrons. The molecular weight excluding hydrogens is 524 g/mol. The lowest BCUT2D eigenvalue weighted by molar-refractivity contribution is -0.147. The molecule has 0 aliphatic heterocycles. The van der Waals surface area contributed by atoms with Gasteiger partial charge in [-0.1, -0.05) is 99.1 Å². The molecule has 4 rings (SSSR count). The lowest BCUT2D eigenvalue weighted by Crippen LogP contribution is -2.54. The van der Waals surface area contributed by atoms with Crippen molar-refractivity contribution in [2.45, 2.75) is 51.3 Å². The molecular formula is C32H34N2O7. The van der Waals surface area contributed by atoms with Crippen LogP contribution < -0.4 is 10.6 Å². The number of rotatable bonds is 12. The Kier molecular flexibility index (Phi) is 9.73. The predicted molar refractivity (Wildman–Crippen MR) is 152 cm³/mol. The first-order chi connectivity index (χ1) is 19.8. The maximum atomic E-state index is 13.2. The number of carbonyl (C=O) groups is 4. The van der Waals surface area contributed by atoms with Crippen molar-refractivity contribution in [1.29, 1.82) is 0 Å². The second-order valence-corrected chi connectivity index (χ2v) is 10.1. The van der Waals surface area contributed by atoms with Crippen LogP contribution in [0.3, 0.4) is 0 Å². The maximum absolute atomic E-state index is 13.2. The molecule has 1 aliphatic carbocycles. The van der Waals surface area contributed by atoms with Crippen molar-refractivity contribution >= 4 is 23.9 Å². The Balaban J connectivity index is 1.44. The van der Waals surface area contributed by atoms with Gasteiger partial charge in [0.1, 0.15) is 25.3 Å². The van der Waals surface area contributed by atoms with Gasteiger partial charge >= 0.3 is 18.0 Å². The minimum atomic E-state index is -1.40. The van der Waals surface area contributed by atoms with Crippen LogP contribution in [0.2, 0.25) is 0 Å². The summed E-state index contributed by atoms with van der Waals surface area (Å²) >= 11 is 0. The summed E-state index contributed by atoms with van der Waals surface area (Å²) in [7, 11) is 0. The van der Waals surface area contributed by atoms with Gasteiger partial charge in [0.2, 0.25) is 5.91 Å². The number of fused-ring (bicyclic) bond motifs is 3. The fourth-order valence-corrected chi connectivity index (χ4v) is 4.89. The summed E-state index contributed by atoms with van der Waals surface area (Å²) in [5, 5.41) is 14.5. The molecule has 0 saturated carbocycles. The summed E-state index contributed by atoms with van der Waals surface area (Å²) < 4.78 is 10.9. The Labute approximate surface area is 238 Å². The molecule has 0 fully saturated rings. The molecule has 3 aromatic carbocycles. The first kappa shape index (κ1) is 29.3. The van der Waals surface area contributed by atoms with Gasteiger partial charge in [0.05, 0.1) is 6.42 Å². The third kappa shape index (κ3) is 7.30. The number of carboxylic acids is 1. The third-order valence-electron chi connectivity index (χ3n) is 7.34. The quantitative estimate of drug-likeness (QED) is 0.276. The second kappa shape index (κ2) is 13.6. The van der Waals surface area contributed by atoms with E-state index >= 15 is 0 Å². The minimum absolute atomic E-state index is 0.0103. The first-order valence-corrected chi connectivity index (χ1v) is 13.6. The summed E-state index contributed by atoms with van der Waals surface area (Å²) in [4.78, 5) is 50.5. The Hall–Kier alpha value is -4.66. The Bertz CT molecular complexity index is 1350. The van der Waals surface area contributed by atoms with E-state index in [4.69, 9.17) is 9.47 Å². The predicted octanol–water partition coefficient (Wildman–Crippen LogP) is 4.64. The summed E-state index contributed by atoms with van der Waals surface area (Å²) in [5.41, 5.74) is 4.95. The van der Waals surface area contributed by atoms with E-state index in [0.29, 0.717) is 6.42 Å². The molecule has 0 spiro atoms. The van der Waals surface area contributed by atoms with Gasteiger partial charge < -0.3 is 25.2 Å². The normalized spacial score (nSPS) is 14.1. The Morgan fingerprint density at radius 2 is 1.41 bits per heavy atom. The van der Waals surface area contributed by atoms with Crippen LogP contribution in [0.1, 0.15) is 49.3 Å². The van der Waals surface area contributed by atoms with Crippen LogP contribution >= 0.6 is 0 Å². The van der Waals surface area contributed by atoms with Crippen molar-refractivity contribution in [3.63, 3.8) is 0 Å². The summed E-state index contributed by atoms with van der Waals surface area (Å²) in [5.74, 6) is -3.33. The monoisotopic (exact) mass is 558 g/mol. The van der Waals surface area contributed by atoms with Gasteiger partial charge in [0.25, 0.3) is 0 Å². The second-order valence-electron chi connectivity index (χ2n) is 10.1. The van der Waals surface area contributed by atoms with Gasteiger partial charge in [0.15, 0.2) is 0 Å². The van der Waals surface area contributed by atoms with Crippen molar-refractivity contribution < 1.29 is 33.8 Å². The molecule has 0 saturated heterocycles. The van der Waals surface area contributed by atoms with Crippen LogP contribution in [0.15, 0.2) is 78.9 Å². The van der Waals surface area contributed by atoms with E-state index in [0.717, 1.165) is 27.8 Å². The number of hydrogen-bond acceptors (Lipinski definition) is 6. The van der Waals surface area contributed by atoms with Crippen molar-refractivity contribution in [2.75, 3.05) is 6.61 Å². The topological polar surface area (TPSA) is 131 Å². The van der Waals surface area contributed by atoms with Gasteiger partial charge in [-0.3, -0.25) is 9.59 Å². The van der Waals surface area contributed by atoms with Crippen LogP contribution in [-0.4, -0.2) is 47.7 Å². The molecule has 0 aromatic heterocycles. The molecule has 0 unspecified atom stereocenters. The molecule has 0 heterocycles. The highest BCUT2D eigenvalue weighted by Gasteiger charge is 2.33. The number of esters is 1. The van der Waals surface area contributed by atoms with Crippen molar-refractivity contribution in [1.82, 2.24) is 10.6 Å². The van der Waals surface area contributed by atoms with E-state index < -0.39 is 42.4 Å². The average Bonchev–Trinajstić information content (AvgIpc) is 3.30. The Morgan fingerprint density at radius 3 is 2.00 bits per heavy atom. The zero-order valence-corrected chi connectivity index (χ0v) is 23.0. The maximum Gasteiger partial charge on any atom is 0.407 e. The van der Waals surface area contributed by atoms with Gasteiger partial charge in [-0.2, -0.15) is 0 Å². The molecule has 9 heteroatoms. The van der Waals surface area contributed by atoms with Crippen molar-refractivity contribution in [3.8, 4) is 11.1 Å². The lowest BCUT2D eigenvalue weighted by Gasteiger charge is -2.24. The van der Waals surface area contributed by atoms with E-state index in [1.165, 1.54) is 0 Å². The first-order valence-electron chi connectivity index (χ1n) is 13.6. The number of benzene rings is 3. The summed E-state index contributed by atoms with van der Waals surface area (Å²) in [6, 6.07) is 22.2. The van der Waals surface area contributed by atoms with E-state index in [1.807, 2.05) is 54.6 Å². The number of nitrogens with one attached hydrogen (secondary N) is 2. The van der Waals surface area contributed by atoms with Crippen LogP contribution in [-0.2, 0) is 30.5 Å². The zero-order chi connectivity index (χ0) is 29.4. The van der Waals surface area contributed by atoms with Crippen LogP contribution in [0.4, 0.5) is 4.79 Å². The summed E-state index contributed by atoms with van der Waals surface area (Å²) in [6.45, 7) is 3.50. The lowest BCUT2D eigenvalue weighted by atomic mass is 9.98. The zero-order valence-electron chi connectivity index (χ0n) is 23.0. The number of aliphatic carboxylic acids is 1. The molecule has 3 N–H and O–H groups in total. The molecule has 3 aromatic rings. The number of alkyl carbamates (subject to hydrolysis) is 1. The van der Waals surface area contributed by atoms with Crippen LogP contribution in [0.5, 0.6) is 0 Å². The van der Waals surface area contributed by atoms with E-state index in [2.05, 4.69) is 10.6 Å². The number of hydrogen-bond donors (Lipinski definition) is 3. The van der Waals surface area contributed by atoms with Gasteiger partial charge in [0, 0.05) is 5.92 Å². The molecule has 2 amide bonds. The highest BCUT2D eigenvalue weighted by Crippen LogP contribution is 2.44.